The number of nitrogens with one attached hydrogen (secondary N) is 1. The summed E-state index contributed by atoms with van der Waals surface area (Å²) >= 11 is 5.72. The molecule has 1 fully saturated rings. The highest BCUT2D eigenvalue weighted by atomic mass is 35.5. The molecule has 0 spiro atoms. The average molecular weight is 290 g/mol. The van der Waals surface area contributed by atoms with Crippen LogP contribution in [0.5, 0.6) is 5.75 Å². The maximum atomic E-state index is 13.0. The highest BCUT2D eigenvalue weighted by molar-refractivity contribution is 6.30. The van der Waals surface area contributed by atoms with Crippen molar-refractivity contribution in [2.75, 3.05) is 0 Å². The van der Waals surface area contributed by atoms with Gasteiger partial charge in [-0.15, -0.1) is 12.4 Å². The first-order valence-electron chi connectivity index (χ1n) is 5.77. The fraction of sp³-hybridized carbons (Fsp3) is 0.385. The lowest BCUT2D eigenvalue weighted by Crippen LogP contribution is -2.43. The van der Waals surface area contributed by atoms with E-state index in [2.05, 4.69) is 17.5 Å². The SMILES string of the molecule is Cl.Fc1ccc(O[C@@H]2C[C@H]3C=C[C@@H](C2)N3)cc1Cl. The van der Waals surface area contributed by atoms with Gasteiger partial charge < -0.3 is 10.1 Å². The summed E-state index contributed by atoms with van der Waals surface area (Å²) in [6, 6.07) is 5.32. The molecule has 1 aromatic carbocycles. The maximum Gasteiger partial charge on any atom is 0.142 e. The molecule has 3 atom stereocenters. The predicted molar refractivity (Wildman–Crippen MR) is 72.2 cm³/mol. The van der Waals surface area contributed by atoms with Crippen molar-refractivity contribution in [3.05, 3.63) is 41.2 Å². The second-order valence-corrected chi connectivity index (χ2v) is 4.96. The topological polar surface area (TPSA) is 21.3 Å². The van der Waals surface area contributed by atoms with Gasteiger partial charge >= 0.3 is 0 Å². The zero-order chi connectivity index (χ0) is 11.8. The minimum Gasteiger partial charge on any atom is -0.490 e. The van der Waals surface area contributed by atoms with Crippen molar-refractivity contribution in [2.24, 2.45) is 0 Å². The third-order valence-electron chi connectivity index (χ3n) is 3.23. The van der Waals surface area contributed by atoms with Crippen molar-refractivity contribution in [1.82, 2.24) is 5.32 Å². The van der Waals surface area contributed by atoms with E-state index in [0.29, 0.717) is 17.8 Å². The molecular weight excluding hydrogens is 276 g/mol. The summed E-state index contributed by atoms with van der Waals surface area (Å²) < 4.78 is 18.8. The molecule has 98 valence electrons. The van der Waals surface area contributed by atoms with Gasteiger partial charge in [0.05, 0.1) is 5.02 Å². The van der Waals surface area contributed by atoms with Gasteiger partial charge in [-0.2, -0.15) is 0 Å². The Morgan fingerprint density at radius 1 is 1.22 bits per heavy atom. The van der Waals surface area contributed by atoms with Crippen molar-refractivity contribution in [3.63, 3.8) is 0 Å². The van der Waals surface area contributed by atoms with Crippen LogP contribution >= 0.6 is 24.0 Å². The summed E-state index contributed by atoms with van der Waals surface area (Å²) in [4.78, 5) is 0. The summed E-state index contributed by atoms with van der Waals surface area (Å²) in [7, 11) is 0. The smallest absolute Gasteiger partial charge is 0.142 e. The van der Waals surface area contributed by atoms with E-state index in [4.69, 9.17) is 16.3 Å². The molecule has 0 saturated carbocycles. The fourth-order valence-corrected chi connectivity index (χ4v) is 2.62. The quantitative estimate of drug-likeness (QED) is 0.843. The summed E-state index contributed by atoms with van der Waals surface area (Å²) in [5, 5.41) is 3.56. The Kier molecular flexibility index (Phi) is 4.15. The summed E-state index contributed by atoms with van der Waals surface area (Å²) in [5.41, 5.74) is 0. The van der Waals surface area contributed by atoms with Gasteiger partial charge in [-0.05, 0) is 12.1 Å². The second kappa shape index (κ2) is 5.47. The first-order valence-corrected chi connectivity index (χ1v) is 6.14. The van der Waals surface area contributed by atoms with Gasteiger partial charge in [0, 0.05) is 31.0 Å². The van der Waals surface area contributed by atoms with E-state index in [1.54, 1.807) is 6.07 Å². The highest BCUT2D eigenvalue weighted by Crippen LogP contribution is 2.27. The molecule has 3 rings (SSSR count). The average Bonchev–Trinajstić information content (AvgIpc) is 2.64. The van der Waals surface area contributed by atoms with Crippen LogP contribution in [0, 0.1) is 5.82 Å². The Bertz CT molecular complexity index is 452. The van der Waals surface area contributed by atoms with E-state index < -0.39 is 5.82 Å². The number of rotatable bonds is 2. The lowest BCUT2D eigenvalue weighted by molar-refractivity contribution is 0.142. The second-order valence-electron chi connectivity index (χ2n) is 4.55. The van der Waals surface area contributed by atoms with Gasteiger partial charge in [0.15, 0.2) is 0 Å². The third-order valence-corrected chi connectivity index (χ3v) is 3.52. The van der Waals surface area contributed by atoms with E-state index in [1.165, 1.54) is 12.1 Å². The van der Waals surface area contributed by atoms with Gasteiger partial charge in [0.1, 0.15) is 17.7 Å². The Labute approximate surface area is 117 Å². The number of halogens is 3. The van der Waals surface area contributed by atoms with Crippen LogP contribution in [-0.2, 0) is 0 Å². The molecule has 0 radical (unpaired) electrons. The first-order chi connectivity index (χ1) is 8.20. The van der Waals surface area contributed by atoms with Crippen molar-refractivity contribution >= 4 is 24.0 Å². The lowest BCUT2D eigenvalue weighted by Gasteiger charge is -2.29. The summed E-state index contributed by atoms with van der Waals surface area (Å²) in [6.07, 6.45) is 6.43. The molecule has 5 heteroatoms. The van der Waals surface area contributed by atoms with Crippen LogP contribution in [0.25, 0.3) is 0 Å². The van der Waals surface area contributed by atoms with E-state index in [0.717, 1.165) is 12.8 Å². The molecule has 0 aromatic heterocycles. The summed E-state index contributed by atoms with van der Waals surface area (Å²) in [6.45, 7) is 0. The van der Waals surface area contributed by atoms with Crippen LogP contribution in [0.2, 0.25) is 5.02 Å². The van der Waals surface area contributed by atoms with Gasteiger partial charge in [0.2, 0.25) is 0 Å². The third kappa shape index (κ3) is 2.79. The zero-order valence-electron chi connectivity index (χ0n) is 9.61. The zero-order valence-corrected chi connectivity index (χ0v) is 11.2. The molecular formula is C13H14Cl2FNO. The molecule has 2 bridgehead atoms. The van der Waals surface area contributed by atoms with E-state index in [-0.39, 0.29) is 23.5 Å². The van der Waals surface area contributed by atoms with Crippen LogP contribution in [0.4, 0.5) is 4.39 Å². The van der Waals surface area contributed by atoms with E-state index in [9.17, 15) is 4.39 Å². The lowest BCUT2D eigenvalue weighted by atomic mass is 10.0. The van der Waals surface area contributed by atoms with Crippen LogP contribution in [0.15, 0.2) is 30.4 Å². The Morgan fingerprint density at radius 2 is 1.89 bits per heavy atom. The number of ether oxygens (including phenoxy) is 1. The molecule has 2 nitrogen and oxygen atoms in total. The van der Waals surface area contributed by atoms with Crippen molar-refractivity contribution in [1.29, 1.82) is 0 Å². The Morgan fingerprint density at radius 3 is 2.50 bits per heavy atom. The van der Waals surface area contributed by atoms with Crippen LogP contribution in [0.1, 0.15) is 12.8 Å². The van der Waals surface area contributed by atoms with Crippen molar-refractivity contribution in [3.8, 4) is 5.75 Å². The minimum absolute atomic E-state index is 0. The molecule has 1 aromatic rings. The van der Waals surface area contributed by atoms with Crippen LogP contribution < -0.4 is 10.1 Å². The molecule has 1 saturated heterocycles. The van der Waals surface area contributed by atoms with E-state index in [1.807, 2.05) is 0 Å². The van der Waals surface area contributed by atoms with E-state index >= 15 is 0 Å². The fourth-order valence-electron chi connectivity index (χ4n) is 2.45. The highest BCUT2D eigenvalue weighted by Gasteiger charge is 2.30. The standard InChI is InChI=1S/C13H13ClFNO.ClH/c14-12-7-10(3-4-13(12)15)17-11-5-8-1-2-9(6-11)16-8;/h1-4,7-9,11,16H,5-6H2;1H/t8-,9+,11-;. The number of benzene rings is 1. The Hall–Kier alpha value is -0.770. The largest absolute Gasteiger partial charge is 0.490 e. The van der Waals surface area contributed by atoms with Crippen molar-refractivity contribution in [2.45, 2.75) is 31.0 Å². The van der Waals surface area contributed by atoms with Gasteiger partial charge in [-0.25, -0.2) is 4.39 Å². The summed E-state index contributed by atoms with van der Waals surface area (Å²) in [5.74, 6) is 0.230. The predicted octanol–water partition coefficient (Wildman–Crippen LogP) is 3.34. The molecule has 0 unspecified atom stereocenters. The Balaban J connectivity index is 0.00000120. The molecule has 0 amide bonds. The van der Waals surface area contributed by atoms with Gasteiger partial charge in [-0.1, -0.05) is 23.8 Å². The minimum atomic E-state index is -0.411. The molecule has 2 heterocycles. The first kappa shape index (κ1) is 13.7. The molecule has 2 aliphatic heterocycles. The molecule has 2 aliphatic rings. The van der Waals surface area contributed by atoms with Gasteiger partial charge in [-0.3, -0.25) is 0 Å². The monoisotopic (exact) mass is 289 g/mol. The van der Waals surface area contributed by atoms with Crippen molar-refractivity contribution < 1.29 is 9.13 Å². The molecule has 0 aliphatic carbocycles. The van der Waals surface area contributed by atoms with Gasteiger partial charge in [0.25, 0.3) is 0 Å². The normalized spacial score (nSPS) is 28.9. The molecule has 18 heavy (non-hydrogen) atoms. The maximum absolute atomic E-state index is 13.0. The van der Waals surface area contributed by atoms with Crippen LogP contribution in [-0.4, -0.2) is 18.2 Å². The number of piperidine rings is 1. The molecule has 1 N–H and O–H groups in total. The number of fused-ring (bicyclic) bond motifs is 2. The number of hydrogen-bond donors (Lipinski definition) is 1. The van der Waals surface area contributed by atoms with Crippen LogP contribution in [0.3, 0.4) is 0 Å². The number of hydrogen-bond acceptors (Lipinski definition) is 2.